The number of morpholine rings is 1. The Morgan fingerprint density at radius 2 is 1.79 bits per heavy atom. The zero-order valence-electron chi connectivity index (χ0n) is 16.2. The van der Waals surface area contributed by atoms with E-state index in [9.17, 15) is 19.2 Å². The van der Waals surface area contributed by atoms with Gasteiger partial charge in [-0.05, 0) is 12.5 Å². The van der Waals surface area contributed by atoms with E-state index in [2.05, 4.69) is 4.98 Å². The molecule has 2 aliphatic heterocycles. The molecule has 2 amide bonds. The zero-order valence-corrected chi connectivity index (χ0v) is 17.0. The number of ether oxygens (including phenoxy) is 1. The number of hydrogen-bond donors (Lipinski definition) is 0. The maximum atomic E-state index is 13.0. The summed E-state index contributed by atoms with van der Waals surface area (Å²) in [5.41, 5.74) is 0.260. The third-order valence-electron chi connectivity index (χ3n) is 5.39. The fourth-order valence-electron chi connectivity index (χ4n) is 3.64. The molecule has 0 saturated carbocycles. The van der Waals surface area contributed by atoms with E-state index in [4.69, 9.17) is 4.74 Å². The summed E-state index contributed by atoms with van der Waals surface area (Å²) in [6.07, 6.45) is 2.10. The van der Waals surface area contributed by atoms with Crippen molar-refractivity contribution in [1.29, 1.82) is 0 Å². The molecule has 9 nitrogen and oxygen atoms in total. The molecule has 29 heavy (non-hydrogen) atoms. The molecule has 2 aromatic heterocycles. The Kier molecular flexibility index (Phi) is 5.46. The van der Waals surface area contributed by atoms with E-state index in [1.807, 2.05) is 0 Å². The van der Waals surface area contributed by atoms with Crippen LogP contribution in [-0.2, 0) is 20.9 Å². The molecular weight excluding hydrogens is 396 g/mol. The Bertz CT molecular complexity index is 1030. The molecule has 0 bridgehead atoms. The molecular formula is C19H22N4O5S. The fraction of sp³-hybridized carbons (Fsp3) is 0.526. The van der Waals surface area contributed by atoms with Gasteiger partial charge in [-0.2, -0.15) is 0 Å². The van der Waals surface area contributed by atoms with Gasteiger partial charge in [-0.25, -0.2) is 4.98 Å². The van der Waals surface area contributed by atoms with Crippen molar-refractivity contribution in [1.82, 2.24) is 19.4 Å². The van der Waals surface area contributed by atoms with E-state index < -0.39 is 0 Å². The summed E-state index contributed by atoms with van der Waals surface area (Å²) in [4.78, 5) is 58.4. The van der Waals surface area contributed by atoms with Crippen molar-refractivity contribution in [2.75, 3.05) is 39.4 Å². The summed E-state index contributed by atoms with van der Waals surface area (Å²) in [5, 5.41) is 0.378. The normalized spacial score (nSPS) is 17.8. The summed E-state index contributed by atoms with van der Waals surface area (Å²) in [5.74, 6) is -0.163. The number of thiophene rings is 1. The Hall–Kier alpha value is -2.59. The predicted molar refractivity (Wildman–Crippen MR) is 106 cm³/mol. The van der Waals surface area contributed by atoms with Crippen molar-refractivity contribution >= 4 is 39.2 Å². The van der Waals surface area contributed by atoms with E-state index >= 15 is 0 Å². The summed E-state index contributed by atoms with van der Waals surface area (Å²) in [7, 11) is 0. The number of carbonyl (C=O) groups excluding carboxylic acids is 3. The molecule has 2 aromatic rings. The van der Waals surface area contributed by atoms with Crippen LogP contribution in [0.1, 0.15) is 28.1 Å². The first-order valence-corrected chi connectivity index (χ1v) is 10.4. The van der Waals surface area contributed by atoms with Crippen LogP contribution in [0.3, 0.4) is 0 Å². The molecule has 154 valence electrons. The number of piperidine rings is 1. The molecule has 0 aliphatic carbocycles. The van der Waals surface area contributed by atoms with E-state index in [1.165, 1.54) is 22.2 Å². The van der Waals surface area contributed by atoms with E-state index in [0.29, 0.717) is 72.9 Å². The molecule has 10 heteroatoms. The second-order valence-corrected chi connectivity index (χ2v) is 8.24. The third-order valence-corrected chi connectivity index (χ3v) is 6.58. The number of carbonyl (C=O) groups is 3. The summed E-state index contributed by atoms with van der Waals surface area (Å²) >= 11 is 1.18. The van der Waals surface area contributed by atoms with Gasteiger partial charge in [0.25, 0.3) is 11.5 Å². The van der Waals surface area contributed by atoms with E-state index in [1.54, 1.807) is 16.7 Å². The average Bonchev–Trinajstić information content (AvgIpc) is 3.08. The van der Waals surface area contributed by atoms with E-state index in [0.717, 1.165) is 0 Å². The standard InChI is InChI=1S/C19H22N4O5S/c1-12-15-17(29-16(12)19(27)22-4-2-13(24)3-5-22)20-11-23(18(15)26)10-14(25)21-6-8-28-9-7-21/h11H,2-10H2,1H3. The molecule has 0 spiro atoms. The minimum absolute atomic E-state index is 0.0887. The van der Waals surface area contributed by atoms with Crippen LogP contribution < -0.4 is 5.56 Å². The van der Waals surface area contributed by atoms with Gasteiger partial charge in [0.15, 0.2) is 0 Å². The highest BCUT2D eigenvalue weighted by molar-refractivity contribution is 7.20. The van der Waals surface area contributed by atoms with Crippen LogP contribution in [0.25, 0.3) is 10.2 Å². The molecule has 0 radical (unpaired) electrons. The first kappa shape index (κ1) is 19.7. The number of nitrogens with zero attached hydrogens (tertiary/aromatic N) is 4. The van der Waals surface area contributed by atoms with Crippen LogP contribution in [0.2, 0.25) is 0 Å². The topological polar surface area (TPSA) is 102 Å². The van der Waals surface area contributed by atoms with Crippen LogP contribution >= 0.6 is 11.3 Å². The van der Waals surface area contributed by atoms with Crippen LogP contribution in [0, 0.1) is 6.92 Å². The number of amides is 2. The largest absolute Gasteiger partial charge is 0.378 e. The fourth-order valence-corrected chi connectivity index (χ4v) is 4.74. The van der Waals surface area contributed by atoms with Crippen molar-refractivity contribution in [3.63, 3.8) is 0 Å². The second kappa shape index (κ2) is 8.03. The number of fused-ring (bicyclic) bond motifs is 1. The summed E-state index contributed by atoms with van der Waals surface area (Å²) < 4.78 is 6.55. The minimum Gasteiger partial charge on any atom is -0.378 e. The van der Waals surface area contributed by atoms with Crippen molar-refractivity contribution in [3.8, 4) is 0 Å². The van der Waals surface area contributed by atoms with Crippen LogP contribution in [0.4, 0.5) is 0 Å². The highest BCUT2D eigenvalue weighted by atomic mass is 32.1. The van der Waals surface area contributed by atoms with Crippen molar-refractivity contribution < 1.29 is 19.1 Å². The average molecular weight is 418 g/mol. The van der Waals surface area contributed by atoms with Crippen LogP contribution in [0.15, 0.2) is 11.1 Å². The highest BCUT2D eigenvalue weighted by Crippen LogP contribution is 2.28. The lowest BCUT2D eigenvalue weighted by atomic mass is 10.1. The minimum atomic E-state index is -0.321. The predicted octanol–water partition coefficient (Wildman–Crippen LogP) is 0.430. The van der Waals surface area contributed by atoms with Gasteiger partial charge in [0.1, 0.15) is 17.2 Å². The highest BCUT2D eigenvalue weighted by Gasteiger charge is 2.27. The molecule has 0 atom stereocenters. The second-order valence-electron chi connectivity index (χ2n) is 7.24. The first-order chi connectivity index (χ1) is 14.0. The van der Waals surface area contributed by atoms with Gasteiger partial charge in [0.05, 0.1) is 29.8 Å². The molecule has 0 N–H and O–H groups in total. The number of Topliss-reactive ketones (excluding diaryl/α,β-unsaturated/α-hetero) is 1. The van der Waals surface area contributed by atoms with Gasteiger partial charge in [0, 0.05) is 39.0 Å². The third kappa shape index (κ3) is 3.82. The molecule has 4 heterocycles. The lowest BCUT2D eigenvalue weighted by Crippen LogP contribution is -2.43. The number of aromatic nitrogens is 2. The maximum absolute atomic E-state index is 13.0. The molecule has 4 rings (SSSR count). The lowest BCUT2D eigenvalue weighted by molar-refractivity contribution is -0.136. The Balaban J connectivity index is 1.60. The Labute approximate surface area is 170 Å². The molecule has 2 saturated heterocycles. The van der Waals surface area contributed by atoms with Crippen molar-refractivity contribution in [3.05, 3.63) is 27.1 Å². The summed E-state index contributed by atoms with van der Waals surface area (Å²) in [6.45, 7) is 4.46. The molecule has 0 aromatic carbocycles. The van der Waals surface area contributed by atoms with Gasteiger partial charge in [-0.15, -0.1) is 11.3 Å². The van der Waals surface area contributed by atoms with Gasteiger partial charge >= 0.3 is 0 Å². The smallest absolute Gasteiger partial charge is 0.264 e. The van der Waals surface area contributed by atoms with Gasteiger partial charge in [0.2, 0.25) is 5.91 Å². The summed E-state index contributed by atoms with van der Waals surface area (Å²) in [6, 6.07) is 0. The number of hydrogen-bond acceptors (Lipinski definition) is 7. The van der Waals surface area contributed by atoms with Gasteiger partial charge < -0.3 is 14.5 Å². The SMILES string of the molecule is Cc1c(C(=O)N2CCC(=O)CC2)sc2ncn(CC(=O)N3CCOCC3)c(=O)c12. The van der Waals surface area contributed by atoms with Crippen LogP contribution in [-0.4, -0.2) is 76.3 Å². The Morgan fingerprint density at radius 1 is 1.10 bits per heavy atom. The maximum Gasteiger partial charge on any atom is 0.264 e. The lowest BCUT2D eigenvalue weighted by Gasteiger charge is -2.27. The van der Waals surface area contributed by atoms with Crippen molar-refractivity contribution in [2.24, 2.45) is 0 Å². The molecule has 2 fully saturated rings. The number of rotatable bonds is 3. The molecule has 2 aliphatic rings. The molecule has 0 unspecified atom stereocenters. The monoisotopic (exact) mass is 418 g/mol. The number of aryl methyl sites for hydroxylation is 1. The van der Waals surface area contributed by atoms with Crippen LogP contribution in [0.5, 0.6) is 0 Å². The first-order valence-electron chi connectivity index (χ1n) is 9.60. The van der Waals surface area contributed by atoms with Gasteiger partial charge in [-0.1, -0.05) is 0 Å². The zero-order chi connectivity index (χ0) is 20.5. The number of ketones is 1. The number of likely N-dealkylation sites (tertiary alicyclic amines) is 1. The van der Waals surface area contributed by atoms with Gasteiger partial charge in [-0.3, -0.25) is 23.7 Å². The van der Waals surface area contributed by atoms with Crippen molar-refractivity contribution in [2.45, 2.75) is 26.3 Å². The Morgan fingerprint density at radius 3 is 2.48 bits per heavy atom. The van der Waals surface area contributed by atoms with E-state index in [-0.39, 0.29) is 29.7 Å². The quantitative estimate of drug-likeness (QED) is 0.716.